The van der Waals surface area contributed by atoms with Crippen molar-refractivity contribution in [3.63, 3.8) is 0 Å². The molecule has 27 heavy (non-hydrogen) atoms. The normalized spacial score (nSPS) is 12.1. The molecule has 1 N–H and O–H groups in total. The van der Waals surface area contributed by atoms with Crippen molar-refractivity contribution in [1.29, 1.82) is 0 Å². The minimum Gasteiger partial charge on any atom is -0.351 e. The van der Waals surface area contributed by atoms with Crippen LogP contribution in [0.25, 0.3) is 10.9 Å². The van der Waals surface area contributed by atoms with Gasteiger partial charge in [0.25, 0.3) is 5.91 Å². The van der Waals surface area contributed by atoms with E-state index in [1.165, 1.54) is 0 Å². The van der Waals surface area contributed by atoms with Crippen LogP contribution in [0.15, 0.2) is 79.0 Å². The Bertz CT molecular complexity index is 1030. The van der Waals surface area contributed by atoms with Gasteiger partial charge in [-0.25, -0.2) is 0 Å². The Morgan fingerprint density at radius 1 is 1.00 bits per heavy atom. The number of rotatable bonds is 4. The molecule has 0 aliphatic carbocycles. The second kappa shape index (κ2) is 7.08. The van der Waals surface area contributed by atoms with E-state index in [-0.39, 0.29) is 11.9 Å². The Morgan fingerprint density at radius 3 is 2.52 bits per heavy atom. The quantitative estimate of drug-likeness (QED) is 0.575. The number of hydrogen-bond acceptors (Lipinski definition) is 2. The van der Waals surface area contributed by atoms with Gasteiger partial charge < -0.3 is 9.88 Å². The number of hydrogen-bond donors (Lipinski definition) is 1. The van der Waals surface area contributed by atoms with Crippen LogP contribution in [-0.2, 0) is 0 Å². The van der Waals surface area contributed by atoms with E-state index in [1.54, 1.807) is 11.1 Å². The number of nitrogens with one attached hydrogen (secondary N) is 1. The number of pyridine rings is 1. The van der Waals surface area contributed by atoms with Gasteiger partial charge >= 0.3 is 0 Å². The largest absolute Gasteiger partial charge is 0.351 e. The van der Waals surface area contributed by atoms with E-state index in [0.29, 0.717) is 5.69 Å². The third-order valence-electron chi connectivity index (χ3n) is 4.80. The van der Waals surface area contributed by atoms with E-state index >= 15 is 0 Å². The Hall–Kier alpha value is -3.40. The van der Waals surface area contributed by atoms with Crippen molar-refractivity contribution in [1.82, 2.24) is 14.9 Å². The van der Waals surface area contributed by atoms with Gasteiger partial charge in [-0.15, -0.1) is 0 Å². The number of carbonyl (C=O) groups is 1. The summed E-state index contributed by atoms with van der Waals surface area (Å²) in [6, 6.07) is 23.6. The fourth-order valence-corrected chi connectivity index (χ4v) is 3.43. The highest BCUT2D eigenvalue weighted by atomic mass is 16.2. The van der Waals surface area contributed by atoms with E-state index < -0.39 is 0 Å². The molecule has 0 aliphatic heterocycles. The summed E-state index contributed by atoms with van der Waals surface area (Å²) in [7, 11) is 1.82. The minimum absolute atomic E-state index is 0.0663. The van der Waals surface area contributed by atoms with Crippen LogP contribution in [-0.4, -0.2) is 27.8 Å². The summed E-state index contributed by atoms with van der Waals surface area (Å²) < 4.78 is 0. The maximum Gasteiger partial charge on any atom is 0.270 e. The molecular weight excluding hydrogens is 334 g/mol. The lowest BCUT2D eigenvalue weighted by atomic mass is 10.0. The fourth-order valence-electron chi connectivity index (χ4n) is 3.43. The lowest BCUT2D eigenvalue weighted by molar-refractivity contribution is 0.0747. The molecule has 2 aromatic carbocycles. The van der Waals surface area contributed by atoms with Crippen molar-refractivity contribution in [2.45, 2.75) is 13.0 Å². The molecule has 0 bridgehead atoms. The molecule has 0 radical (unpaired) electrons. The van der Waals surface area contributed by atoms with E-state index in [9.17, 15) is 4.79 Å². The molecule has 4 rings (SSSR count). The van der Waals surface area contributed by atoms with Gasteiger partial charge in [-0.1, -0.05) is 48.5 Å². The topological polar surface area (TPSA) is 49.0 Å². The summed E-state index contributed by atoms with van der Waals surface area (Å²) in [5.41, 5.74) is 4.58. The van der Waals surface area contributed by atoms with Gasteiger partial charge in [-0.2, -0.15) is 0 Å². The smallest absolute Gasteiger partial charge is 0.270 e. The number of aryl methyl sites for hydroxylation is 1. The number of nitrogens with zero attached hydrogens (tertiary/aromatic N) is 2. The first-order valence-corrected chi connectivity index (χ1v) is 8.96. The first-order valence-electron chi connectivity index (χ1n) is 8.96. The molecular formula is C23H21N3O. The first-order chi connectivity index (χ1) is 13.1. The molecule has 2 aromatic heterocycles. The predicted octanol–water partition coefficient (Wildman–Crippen LogP) is 4.73. The number of carbonyl (C=O) groups excluding carboxylic acids is 1. The molecule has 0 unspecified atom stereocenters. The fraction of sp³-hybridized carbons (Fsp3) is 0.130. The predicted molar refractivity (Wildman–Crippen MR) is 108 cm³/mol. The van der Waals surface area contributed by atoms with Crippen LogP contribution < -0.4 is 0 Å². The summed E-state index contributed by atoms with van der Waals surface area (Å²) in [5.74, 6) is -0.0663. The molecule has 1 amide bonds. The molecule has 0 aliphatic rings. The number of fused-ring (bicyclic) bond motifs is 1. The second-order valence-electron chi connectivity index (χ2n) is 6.76. The molecule has 134 valence electrons. The molecule has 0 saturated heterocycles. The zero-order valence-electron chi connectivity index (χ0n) is 15.4. The van der Waals surface area contributed by atoms with Gasteiger partial charge in [-0.3, -0.25) is 9.78 Å². The molecule has 1 atom stereocenters. The van der Waals surface area contributed by atoms with E-state index in [2.05, 4.69) is 22.1 Å². The third-order valence-corrected chi connectivity index (χ3v) is 4.80. The van der Waals surface area contributed by atoms with Gasteiger partial charge in [0, 0.05) is 24.1 Å². The number of amides is 1. The number of aromatic amines is 1. The summed E-state index contributed by atoms with van der Waals surface area (Å²) in [6.07, 6.45) is 1.76. The SMILES string of the molecule is Cc1ccc2cc(C(=O)N(C)[C@H](c3ccccc3)c3ccccn3)[nH]c2c1. The van der Waals surface area contributed by atoms with Crippen LogP contribution in [0.4, 0.5) is 0 Å². The van der Waals surface area contributed by atoms with Crippen LogP contribution in [0.5, 0.6) is 0 Å². The average molecular weight is 355 g/mol. The molecule has 0 fully saturated rings. The zero-order valence-corrected chi connectivity index (χ0v) is 15.4. The van der Waals surface area contributed by atoms with E-state index in [0.717, 1.165) is 27.7 Å². The zero-order chi connectivity index (χ0) is 18.8. The van der Waals surface area contributed by atoms with Crippen molar-refractivity contribution < 1.29 is 4.79 Å². The van der Waals surface area contributed by atoms with Gasteiger partial charge in [0.05, 0.1) is 11.7 Å². The second-order valence-corrected chi connectivity index (χ2v) is 6.76. The highest BCUT2D eigenvalue weighted by Crippen LogP contribution is 2.28. The van der Waals surface area contributed by atoms with Gasteiger partial charge in [0.1, 0.15) is 5.69 Å². The maximum atomic E-state index is 13.3. The van der Waals surface area contributed by atoms with Crippen molar-refractivity contribution in [2.75, 3.05) is 7.05 Å². The highest BCUT2D eigenvalue weighted by molar-refractivity contribution is 5.98. The summed E-state index contributed by atoms with van der Waals surface area (Å²) in [5, 5.41) is 1.03. The Kier molecular flexibility index (Phi) is 4.47. The number of aromatic nitrogens is 2. The monoisotopic (exact) mass is 355 g/mol. The summed E-state index contributed by atoms with van der Waals surface area (Å²) in [4.78, 5) is 22.8. The molecule has 4 heteroatoms. The van der Waals surface area contributed by atoms with E-state index in [4.69, 9.17) is 0 Å². The maximum absolute atomic E-state index is 13.3. The third kappa shape index (κ3) is 3.34. The van der Waals surface area contributed by atoms with Crippen LogP contribution in [0.1, 0.15) is 33.4 Å². The van der Waals surface area contributed by atoms with Crippen molar-refractivity contribution in [3.8, 4) is 0 Å². The highest BCUT2D eigenvalue weighted by Gasteiger charge is 2.26. The Balaban J connectivity index is 1.74. The number of benzene rings is 2. The van der Waals surface area contributed by atoms with Gasteiger partial charge in [0.2, 0.25) is 0 Å². The average Bonchev–Trinajstić information content (AvgIpc) is 3.12. The van der Waals surface area contributed by atoms with Crippen LogP contribution >= 0.6 is 0 Å². The molecule has 4 nitrogen and oxygen atoms in total. The Morgan fingerprint density at radius 2 is 1.78 bits per heavy atom. The van der Waals surface area contributed by atoms with Gasteiger partial charge in [-0.05, 0) is 42.3 Å². The lowest BCUT2D eigenvalue weighted by Crippen LogP contribution is -2.32. The van der Waals surface area contributed by atoms with Crippen molar-refractivity contribution in [2.24, 2.45) is 0 Å². The standard InChI is InChI=1S/C23H21N3O/c1-16-11-12-18-15-21(25-20(18)14-16)23(27)26(2)22(17-8-4-3-5-9-17)19-10-6-7-13-24-19/h3-15,22,25H,1-2H3/t22-/m1/s1. The van der Waals surface area contributed by atoms with Crippen molar-refractivity contribution >= 4 is 16.8 Å². The molecule has 2 heterocycles. The molecule has 0 spiro atoms. The summed E-state index contributed by atoms with van der Waals surface area (Å²) >= 11 is 0. The Labute approximate surface area is 158 Å². The molecule has 4 aromatic rings. The van der Waals surface area contributed by atoms with Crippen molar-refractivity contribution in [3.05, 3.63) is 102 Å². The van der Waals surface area contributed by atoms with E-state index in [1.807, 2.05) is 74.6 Å². The van der Waals surface area contributed by atoms with Gasteiger partial charge in [0.15, 0.2) is 0 Å². The van der Waals surface area contributed by atoms with Crippen LogP contribution in [0, 0.1) is 6.92 Å². The molecule has 0 saturated carbocycles. The summed E-state index contributed by atoms with van der Waals surface area (Å²) in [6.45, 7) is 2.04. The lowest BCUT2D eigenvalue weighted by Gasteiger charge is -2.28. The van der Waals surface area contributed by atoms with Crippen LogP contribution in [0.2, 0.25) is 0 Å². The number of H-pyrrole nitrogens is 1. The minimum atomic E-state index is -0.256. The first kappa shape index (κ1) is 17.0. The van der Waals surface area contributed by atoms with Crippen LogP contribution in [0.3, 0.4) is 0 Å².